The van der Waals surface area contributed by atoms with Crippen LogP contribution in [0.2, 0.25) is 0 Å². The molecule has 116 valence electrons. The second kappa shape index (κ2) is 7.09. The first-order valence-corrected chi connectivity index (χ1v) is 7.05. The van der Waals surface area contributed by atoms with Crippen molar-refractivity contribution in [1.29, 1.82) is 0 Å². The van der Waals surface area contributed by atoms with Crippen LogP contribution in [0, 0.1) is 6.92 Å². The Hall–Kier alpha value is -2.33. The second-order valence-corrected chi connectivity index (χ2v) is 5.12. The first-order chi connectivity index (χ1) is 10.5. The van der Waals surface area contributed by atoms with Crippen LogP contribution in [0.25, 0.3) is 0 Å². The van der Waals surface area contributed by atoms with E-state index in [-0.39, 0.29) is 12.2 Å². The predicted octanol–water partition coefficient (Wildman–Crippen LogP) is 3.32. The predicted molar refractivity (Wildman–Crippen MR) is 84.6 cm³/mol. The molecule has 0 aliphatic heterocycles. The smallest absolute Gasteiger partial charge is 0.165 e. The Labute approximate surface area is 130 Å². The second-order valence-electron chi connectivity index (χ2n) is 5.12. The van der Waals surface area contributed by atoms with E-state index in [1.807, 2.05) is 19.1 Å². The van der Waals surface area contributed by atoms with Crippen molar-refractivity contribution in [2.45, 2.75) is 19.4 Å². The molecule has 2 aromatic rings. The molecule has 0 aromatic heterocycles. The summed E-state index contributed by atoms with van der Waals surface area (Å²) in [7, 11) is 3.08. The van der Waals surface area contributed by atoms with Crippen LogP contribution >= 0.6 is 0 Å². The highest BCUT2D eigenvalue weighted by Gasteiger charge is 2.16. The van der Waals surface area contributed by atoms with Crippen LogP contribution in [0.3, 0.4) is 0 Å². The molecule has 0 heterocycles. The van der Waals surface area contributed by atoms with E-state index in [2.05, 4.69) is 0 Å². The molecule has 2 aromatic carbocycles. The van der Waals surface area contributed by atoms with Gasteiger partial charge in [-0.05, 0) is 24.6 Å². The Balaban J connectivity index is 2.13. The minimum atomic E-state index is -0.881. The van der Waals surface area contributed by atoms with E-state index in [0.717, 1.165) is 5.56 Å². The van der Waals surface area contributed by atoms with Gasteiger partial charge in [0, 0.05) is 12.0 Å². The van der Waals surface area contributed by atoms with Crippen molar-refractivity contribution >= 4 is 5.78 Å². The largest absolute Gasteiger partial charge is 0.493 e. The molecule has 0 saturated carbocycles. The molecule has 1 unspecified atom stereocenters. The molecule has 4 nitrogen and oxygen atoms in total. The molecule has 0 fully saturated rings. The van der Waals surface area contributed by atoms with Crippen LogP contribution < -0.4 is 9.47 Å². The highest BCUT2D eigenvalue weighted by molar-refractivity contribution is 5.96. The number of methoxy groups -OCH3 is 2. The van der Waals surface area contributed by atoms with E-state index in [1.165, 1.54) is 7.11 Å². The van der Waals surface area contributed by atoms with Gasteiger partial charge in [0.2, 0.25) is 0 Å². The Kier molecular flexibility index (Phi) is 5.17. The molecule has 2 rings (SSSR count). The van der Waals surface area contributed by atoms with E-state index in [9.17, 15) is 9.90 Å². The van der Waals surface area contributed by atoms with Crippen LogP contribution in [0.5, 0.6) is 11.5 Å². The Bertz CT molecular complexity index is 647. The number of aryl methyl sites for hydroxylation is 1. The molecule has 0 aliphatic carbocycles. The van der Waals surface area contributed by atoms with Crippen LogP contribution in [-0.4, -0.2) is 25.1 Å². The molecule has 0 aliphatic rings. The van der Waals surface area contributed by atoms with Crippen molar-refractivity contribution in [3.63, 3.8) is 0 Å². The first kappa shape index (κ1) is 16.0. The molecule has 0 amide bonds. The Morgan fingerprint density at radius 3 is 2.27 bits per heavy atom. The first-order valence-electron chi connectivity index (χ1n) is 7.05. The summed E-state index contributed by atoms with van der Waals surface area (Å²) in [5.74, 6) is 1.02. The lowest BCUT2D eigenvalue weighted by molar-refractivity contribution is 0.0879. The van der Waals surface area contributed by atoms with Gasteiger partial charge in [0.25, 0.3) is 0 Å². The van der Waals surface area contributed by atoms with Gasteiger partial charge in [-0.15, -0.1) is 0 Å². The summed E-state index contributed by atoms with van der Waals surface area (Å²) < 4.78 is 10.4. The highest BCUT2D eigenvalue weighted by atomic mass is 16.5. The summed E-state index contributed by atoms with van der Waals surface area (Å²) in [6, 6.07) is 12.5. The van der Waals surface area contributed by atoms with Crippen molar-refractivity contribution in [3.8, 4) is 11.5 Å². The van der Waals surface area contributed by atoms with Crippen molar-refractivity contribution in [2.24, 2.45) is 0 Å². The zero-order valence-electron chi connectivity index (χ0n) is 13.0. The van der Waals surface area contributed by atoms with Crippen LogP contribution in [-0.2, 0) is 0 Å². The zero-order valence-corrected chi connectivity index (χ0v) is 13.0. The number of hydrogen-bond donors (Lipinski definition) is 1. The minimum Gasteiger partial charge on any atom is -0.493 e. The summed E-state index contributed by atoms with van der Waals surface area (Å²) in [4.78, 5) is 12.2. The van der Waals surface area contributed by atoms with Crippen molar-refractivity contribution in [1.82, 2.24) is 0 Å². The van der Waals surface area contributed by atoms with E-state index in [1.54, 1.807) is 37.4 Å². The van der Waals surface area contributed by atoms with Crippen molar-refractivity contribution in [2.75, 3.05) is 14.2 Å². The number of carbonyl (C=O) groups is 1. The average Bonchev–Trinajstić information content (AvgIpc) is 2.54. The van der Waals surface area contributed by atoms with Gasteiger partial charge in [-0.3, -0.25) is 4.79 Å². The lowest BCUT2D eigenvalue weighted by Crippen LogP contribution is -2.07. The number of rotatable bonds is 6. The molecule has 1 atom stereocenters. The van der Waals surface area contributed by atoms with Crippen LogP contribution in [0.15, 0.2) is 42.5 Å². The summed E-state index contributed by atoms with van der Waals surface area (Å²) >= 11 is 0. The van der Waals surface area contributed by atoms with Crippen molar-refractivity contribution < 1.29 is 19.4 Å². The molecule has 1 N–H and O–H groups in total. The maximum absolute atomic E-state index is 12.2. The third kappa shape index (κ3) is 3.65. The van der Waals surface area contributed by atoms with Gasteiger partial charge in [0.15, 0.2) is 17.3 Å². The molecule has 22 heavy (non-hydrogen) atoms. The van der Waals surface area contributed by atoms with Gasteiger partial charge in [-0.2, -0.15) is 0 Å². The minimum absolute atomic E-state index is 0.0263. The normalized spacial score (nSPS) is 11.8. The Morgan fingerprint density at radius 2 is 1.68 bits per heavy atom. The van der Waals surface area contributed by atoms with E-state index in [0.29, 0.717) is 22.6 Å². The van der Waals surface area contributed by atoms with E-state index in [4.69, 9.17) is 9.47 Å². The van der Waals surface area contributed by atoms with Gasteiger partial charge in [-0.25, -0.2) is 0 Å². The number of Topliss-reactive ketones (excluding diaryl/α,β-unsaturated/α-hetero) is 1. The van der Waals surface area contributed by atoms with Gasteiger partial charge in [0.1, 0.15) is 0 Å². The number of carbonyl (C=O) groups excluding carboxylic acids is 1. The number of ketones is 1. The van der Waals surface area contributed by atoms with Crippen LogP contribution in [0.1, 0.15) is 34.0 Å². The van der Waals surface area contributed by atoms with E-state index < -0.39 is 6.10 Å². The zero-order chi connectivity index (χ0) is 16.1. The monoisotopic (exact) mass is 300 g/mol. The average molecular weight is 300 g/mol. The summed E-state index contributed by atoms with van der Waals surface area (Å²) in [5.41, 5.74) is 2.32. The number of benzene rings is 2. The fraction of sp³-hybridized carbons (Fsp3) is 0.278. The molecule has 0 radical (unpaired) electrons. The lowest BCUT2D eigenvalue weighted by Gasteiger charge is -2.14. The number of ether oxygens (including phenoxy) is 2. The SMILES string of the molecule is COc1ccc(C(O)CC(=O)c2ccc(C)cc2)cc1OC. The molecule has 0 bridgehead atoms. The quantitative estimate of drug-likeness (QED) is 0.832. The fourth-order valence-corrected chi connectivity index (χ4v) is 2.21. The van der Waals surface area contributed by atoms with Gasteiger partial charge < -0.3 is 14.6 Å². The molecule has 0 saturated heterocycles. The van der Waals surface area contributed by atoms with Crippen molar-refractivity contribution in [3.05, 3.63) is 59.2 Å². The number of aliphatic hydroxyl groups is 1. The lowest BCUT2D eigenvalue weighted by atomic mass is 9.99. The van der Waals surface area contributed by atoms with Gasteiger partial charge >= 0.3 is 0 Å². The van der Waals surface area contributed by atoms with Gasteiger partial charge in [0.05, 0.1) is 20.3 Å². The number of hydrogen-bond acceptors (Lipinski definition) is 4. The number of aliphatic hydroxyl groups excluding tert-OH is 1. The fourth-order valence-electron chi connectivity index (χ4n) is 2.21. The topological polar surface area (TPSA) is 55.8 Å². The molecular formula is C18H20O4. The molecule has 4 heteroatoms. The third-order valence-electron chi connectivity index (χ3n) is 3.54. The molecular weight excluding hydrogens is 280 g/mol. The standard InChI is InChI=1S/C18H20O4/c1-12-4-6-13(7-5-12)15(19)11-16(20)14-8-9-17(21-2)18(10-14)22-3/h4-10,16,20H,11H2,1-3H3. The summed E-state index contributed by atoms with van der Waals surface area (Å²) in [5, 5.41) is 10.3. The molecule has 0 spiro atoms. The van der Waals surface area contributed by atoms with Gasteiger partial charge in [-0.1, -0.05) is 35.9 Å². The summed E-state index contributed by atoms with van der Waals surface area (Å²) in [6.07, 6.45) is -0.855. The highest BCUT2D eigenvalue weighted by Crippen LogP contribution is 2.31. The maximum Gasteiger partial charge on any atom is 0.165 e. The summed E-state index contributed by atoms with van der Waals surface area (Å²) in [6.45, 7) is 1.97. The Morgan fingerprint density at radius 1 is 1.05 bits per heavy atom. The maximum atomic E-state index is 12.2. The third-order valence-corrected chi connectivity index (χ3v) is 3.54. The van der Waals surface area contributed by atoms with Crippen LogP contribution in [0.4, 0.5) is 0 Å². The van der Waals surface area contributed by atoms with E-state index >= 15 is 0 Å².